The molecule has 1 aliphatic carbocycles. The van der Waals surface area contributed by atoms with Crippen LogP contribution in [0.15, 0.2) is 16.8 Å². The Balaban J connectivity index is 1.45. The number of hydrogen-bond donors (Lipinski definition) is 2. The Morgan fingerprint density at radius 1 is 1.26 bits per heavy atom. The van der Waals surface area contributed by atoms with Gasteiger partial charge in [0.25, 0.3) is 5.89 Å². The highest BCUT2D eigenvalue weighted by atomic mass is 16.5. The van der Waals surface area contributed by atoms with E-state index in [1.165, 1.54) is 0 Å². The van der Waals surface area contributed by atoms with Gasteiger partial charge in [-0.25, -0.2) is 9.67 Å². The number of esters is 1. The number of anilines is 1. The van der Waals surface area contributed by atoms with Crippen molar-refractivity contribution in [1.29, 1.82) is 0 Å². The molecule has 1 aliphatic heterocycles. The van der Waals surface area contributed by atoms with Gasteiger partial charge >= 0.3 is 5.97 Å². The molecular weight excluding hydrogens is 402 g/mol. The van der Waals surface area contributed by atoms with Crippen molar-refractivity contribution in [2.24, 2.45) is 5.92 Å². The number of cyclic esters (lactones) is 1. The van der Waals surface area contributed by atoms with Crippen LogP contribution in [0.5, 0.6) is 0 Å². The van der Waals surface area contributed by atoms with Crippen molar-refractivity contribution in [3.8, 4) is 11.5 Å². The lowest BCUT2D eigenvalue weighted by Crippen LogP contribution is -2.31. The molecule has 162 valence electrons. The zero-order chi connectivity index (χ0) is 21.4. The number of hydrogen-bond acceptors (Lipinski definition) is 9. The van der Waals surface area contributed by atoms with Gasteiger partial charge in [0, 0.05) is 31.1 Å². The Hall–Kier alpha value is -3.50. The molecule has 1 atom stereocenters. The number of aromatic nitrogens is 5. The van der Waals surface area contributed by atoms with Crippen molar-refractivity contribution in [2.45, 2.75) is 51.7 Å². The van der Waals surface area contributed by atoms with Crippen molar-refractivity contribution in [3.05, 3.63) is 18.3 Å². The van der Waals surface area contributed by atoms with E-state index < -0.39 is 0 Å². The van der Waals surface area contributed by atoms with Crippen LogP contribution in [0.2, 0.25) is 0 Å². The molecule has 1 amide bonds. The molecular formula is C20H23N7O4. The third-order valence-electron chi connectivity index (χ3n) is 5.52. The third-order valence-corrected chi connectivity index (χ3v) is 5.52. The van der Waals surface area contributed by atoms with Crippen LogP contribution < -0.4 is 10.6 Å². The van der Waals surface area contributed by atoms with Crippen LogP contribution in [0.1, 0.15) is 38.5 Å². The van der Waals surface area contributed by atoms with Gasteiger partial charge < -0.3 is 19.8 Å². The molecule has 1 saturated heterocycles. The Kier molecular flexibility index (Phi) is 5.00. The third kappa shape index (κ3) is 3.94. The average molecular weight is 425 g/mol. The van der Waals surface area contributed by atoms with Gasteiger partial charge in [-0.3, -0.25) is 9.59 Å². The summed E-state index contributed by atoms with van der Waals surface area (Å²) in [6.45, 7) is 3.23. The zero-order valence-corrected chi connectivity index (χ0v) is 17.1. The van der Waals surface area contributed by atoms with E-state index in [4.69, 9.17) is 9.15 Å². The fourth-order valence-corrected chi connectivity index (χ4v) is 3.67. The Bertz CT molecular complexity index is 1130. The van der Waals surface area contributed by atoms with Crippen molar-refractivity contribution < 1.29 is 18.7 Å². The van der Waals surface area contributed by atoms with Crippen molar-refractivity contribution in [1.82, 2.24) is 30.3 Å². The van der Waals surface area contributed by atoms with E-state index in [9.17, 15) is 9.59 Å². The van der Waals surface area contributed by atoms with Crippen LogP contribution in [-0.2, 0) is 27.4 Å². The van der Waals surface area contributed by atoms with Gasteiger partial charge in [0.05, 0.1) is 42.4 Å². The molecule has 3 aromatic rings. The summed E-state index contributed by atoms with van der Waals surface area (Å²) in [5, 5.41) is 19.7. The minimum absolute atomic E-state index is 0.0151. The van der Waals surface area contributed by atoms with Crippen LogP contribution in [0.3, 0.4) is 0 Å². The lowest BCUT2D eigenvalue weighted by Gasteiger charge is -2.24. The molecule has 0 aromatic carbocycles. The van der Waals surface area contributed by atoms with Crippen molar-refractivity contribution in [3.63, 3.8) is 0 Å². The van der Waals surface area contributed by atoms with Gasteiger partial charge in [0.2, 0.25) is 11.8 Å². The van der Waals surface area contributed by atoms with E-state index in [1.807, 2.05) is 6.92 Å². The minimum atomic E-state index is -0.230. The molecule has 1 unspecified atom stereocenters. The lowest BCUT2D eigenvalue weighted by atomic mass is 10.1. The Morgan fingerprint density at radius 2 is 2.13 bits per heavy atom. The van der Waals surface area contributed by atoms with E-state index in [-0.39, 0.29) is 42.7 Å². The summed E-state index contributed by atoms with van der Waals surface area (Å²) in [6, 6.07) is -0.0872. The standard InChI is InChI=1S/C20H23N7O4/c1-2-27-18-13(9-23-27)17(24-12-5-6-30-16(28)7-12)14(8-21-18)20-26-25-15(31-20)10-22-19(29)11-3-4-11/h8-9,11-12H,2-7,10H2,1H3,(H,21,24)(H,22,29). The summed E-state index contributed by atoms with van der Waals surface area (Å²) < 4.78 is 12.7. The number of ether oxygens (including phenoxy) is 1. The van der Waals surface area contributed by atoms with Gasteiger partial charge in [-0.05, 0) is 19.8 Å². The minimum Gasteiger partial charge on any atom is -0.466 e. The van der Waals surface area contributed by atoms with Gasteiger partial charge in [0.1, 0.15) is 0 Å². The molecule has 3 aromatic heterocycles. The molecule has 11 nitrogen and oxygen atoms in total. The molecule has 2 aliphatic rings. The predicted octanol–water partition coefficient (Wildman–Crippen LogP) is 1.64. The number of nitrogens with one attached hydrogen (secondary N) is 2. The van der Waals surface area contributed by atoms with Crippen molar-refractivity contribution in [2.75, 3.05) is 11.9 Å². The highest BCUT2D eigenvalue weighted by molar-refractivity contribution is 5.96. The molecule has 2 fully saturated rings. The first-order valence-electron chi connectivity index (χ1n) is 10.5. The van der Waals surface area contributed by atoms with Gasteiger partial charge in [-0.2, -0.15) is 5.10 Å². The fraction of sp³-hybridized carbons (Fsp3) is 0.500. The van der Waals surface area contributed by atoms with Crippen LogP contribution in [0.25, 0.3) is 22.5 Å². The number of carbonyl (C=O) groups excluding carboxylic acids is 2. The first kappa shape index (κ1) is 19.5. The number of pyridine rings is 1. The molecule has 0 bridgehead atoms. The van der Waals surface area contributed by atoms with Crippen LogP contribution >= 0.6 is 0 Å². The van der Waals surface area contributed by atoms with E-state index >= 15 is 0 Å². The highest BCUT2D eigenvalue weighted by Gasteiger charge is 2.30. The zero-order valence-electron chi connectivity index (χ0n) is 17.1. The maximum atomic E-state index is 11.9. The van der Waals surface area contributed by atoms with E-state index in [0.29, 0.717) is 31.0 Å². The molecule has 2 N–H and O–H groups in total. The summed E-state index contributed by atoms with van der Waals surface area (Å²) in [5.74, 6) is 0.505. The maximum Gasteiger partial charge on any atom is 0.307 e. The van der Waals surface area contributed by atoms with Gasteiger partial charge in [-0.1, -0.05) is 0 Å². The molecule has 1 saturated carbocycles. The monoisotopic (exact) mass is 425 g/mol. The van der Waals surface area contributed by atoms with E-state index in [1.54, 1.807) is 17.1 Å². The number of amides is 1. The Labute approximate surface area is 177 Å². The SMILES string of the molecule is CCn1ncc2c(NC3CCOC(=O)C3)c(-c3nnc(CNC(=O)C4CC4)o3)cnc21. The maximum absolute atomic E-state index is 11.9. The average Bonchev–Trinajstić information content (AvgIpc) is 3.37. The number of carbonyl (C=O) groups is 2. The first-order valence-corrected chi connectivity index (χ1v) is 10.5. The summed E-state index contributed by atoms with van der Waals surface area (Å²) >= 11 is 0. The van der Waals surface area contributed by atoms with Crippen LogP contribution in [0.4, 0.5) is 5.69 Å². The predicted molar refractivity (Wildman–Crippen MR) is 109 cm³/mol. The molecule has 11 heteroatoms. The molecule has 0 spiro atoms. The van der Waals surface area contributed by atoms with Crippen LogP contribution in [0, 0.1) is 5.92 Å². The van der Waals surface area contributed by atoms with E-state index in [2.05, 4.69) is 30.9 Å². The smallest absolute Gasteiger partial charge is 0.307 e. The lowest BCUT2D eigenvalue weighted by molar-refractivity contribution is -0.147. The van der Waals surface area contributed by atoms with E-state index in [0.717, 1.165) is 29.6 Å². The summed E-state index contributed by atoms with van der Waals surface area (Å²) in [5.41, 5.74) is 2.08. The molecule has 5 rings (SSSR count). The molecule has 4 heterocycles. The quantitative estimate of drug-likeness (QED) is 0.541. The second-order valence-corrected chi connectivity index (χ2v) is 7.79. The number of fused-ring (bicyclic) bond motifs is 1. The van der Waals surface area contributed by atoms with Gasteiger partial charge in [0.15, 0.2) is 5.65 Å². The van der Waals surface area contributed by atoms with Crippen molar-refractivity contribution >= 4 is 28.6 Å². The molecule has 0 radical (unpaired) electrons. The summed E-state index contributed by atoms with van der Waals surface area (Å²) in [6.07, 6.45) is 6.24. The normalized spacial score (nSPS) is 18.7. The van der Waals surface area contributed by atoms with Crippen LogP contribution in [-0.4, -0.2) is 49.5 Å². The molecule has 31 heavy (non-hydrogen) atoms. The Morgan fingerprint density at radius 3 is 2.90 bits per heavy atom. The highest BCUT2D eigenvalue weighted by Crippen LogP contribution is 2.34. The summed E-state index contributed by atoms with van der Waals surface area (Å²) in [4.78, 5) is 28.2. The number of aryl methyl sites for hydroxylation is 1. The summed E-state index contributed by atoms with van der Waals surface area (Å²) in [7, 11) is 0. The van der Waals surface area contributed by atoms with Gasteiger partial charge in [-0.15, -0.1) is 10.2 Å². The largest absolute Gasteiger partial charge is 0.466 e. The fourth-order valence-electron chi connectivity index (χ4n) is 3.67. The topological polar surface area (TPSA) is 137 Å². The number of nitrogens with zero attached hydrogens (tertiary/aromatic N) is 5. The second-order valence-electron chi connectivity index (χ2n) is 7.79. The first-order chi connectivity index (χ1) is 15.1. The number of rotatable bonds is 7. The second kappa shape index (κ2) is 7.97.